The molecule has 0 radical (unpaired) electrons. The number of anilines is 1. The maximum Gasteiger partial charge on any atom is 0.265 e. The van der Waals surface area contributed by atoms with Gasteiger partial charge < -0.3 is 5.32 Å². The number of hydrogen-bond donors (Lipinski definition) is 1. The molecule has 1 heterocycles. The van der Waals surface area contributed by atoms with Gasteiger partial charge in [0.15, 0.2) is 0 Å². The molecule has 0 unspecified atom stereocenters. The number of aryl methyl sites for hydroxylation is 1. The zero-order valence-corrected chi connectivity index (χ0v) is 11.3. The molecule has 2 nitrogen and oxygen atoms in total. The third-order valence-electron chi connectivity index (χ3n) is 2.96. The van der Waals surface area contributed by atoms with E-state index >= 15 is 0 Å². The fourth-order valence-corrected chi connectivity index (χ4v) is 2.88. The highest BCUT2D eigenvalue weighted by Crippen LogP contribution is 2.25. The van der Waals surface area contributed by atoms with Crippen LogP contribution in [0.4, 0.5) is 5.69 Å². The van der Waals surface area contributed by atoms with Crippen LogP contribution in [0.1, 0.15) is 15.2 Å². The Morgan fingerprint density at radius 2 is 1.79 bits per heavy atom. The molecule has 1 aromatic heterocycles. The largest absolute Gasteiger partial charge is 0.321 e. The minimum absolute atomic E-state index is 0.0509. The normalized spacial score (nSPS) is 10.6. The van der Waals surface area contributed by atoms with E-state index in [4.69, 9.17) is 0 Å². The first-order valence-electron chi connectivity index (χ1n) is 6.09. The predicted octanol–water partition coefficient (Wildman–Crippen LogP) is 4.46. The van der Waals surface area contributed by atoms with Gasteiger partial charge in [-0.3, -0.25) is 4.79 Å². The second-order valence-corrected chi connectivity index (χ2v) is 5.55. The van der Waals surface area contributed by atoms with Crippen molar-refractivity contribution >= 4 is 33.0 Å². The zero-order chi connectivity index (χ0) is 13.2. The number of carbonyl (C=O) groups is 1. The van der Waals surface area contributed by atoms with Gasteiger partial charge in [0.1, 0.15) is 0 Å². The Balaban J connectivity index is 1.85. The van der Waals surface area contributed by atoms with Gasteiger partial charge in [0.05, 0.1) is 4.88 Å². The van der Waals surface area contributed by atoms with E-state index in [1.807, 2.05) is 61.5 Å². The first kappa shape index (κ1) is 11.9. The van der Waals surface area contributed by atoms with E-state index in [0.717, 1.165) is 20.7 Å². The third kappa shape index (κ3) is 2.51. The van der Waals surface area contributed by atoms with Crippen LogP contribution >= 0.6 is 11.3 Å². The van der Waals surface area contributed by atoms with Gasteiger partial charge in [0, 0.05) is 10.4 Å². The number of benzene rings is 2. The van der Waals surface area contributed by atoms with Crippen molar-refractivity contribution in [3.8, 4) is 0 Å². The summed E-state index contributed by atoms with van der Waals surface area (Å²) in [4.78, 5) is 12.9. The zero-order valence-electron chi connectivity index (χ0n) is 10.5. The number of carbonyl (C=O) groups excluding carboxylic acids is 1. The van der Waals surface area contributed by atoms with Crippen molar-refractivity contribution in [1.29, 1.82) is 0 Å². The lowest BCUT2D eigenvalue weighted by molar-refractivity contribution is 0.103. The van der Waals surface area contributed by atoms with Crippen LogP contribution in [0.25, 0.3) is 10.1 Å². The molecule has 0 bridgehead atoms. The average Bonchev–Trinajstić information content (AvgIpc) is 2.85. The molecular weight excluding hydrogens is 254 g/mol. The van der Waals surface area contributed by atoms with Crippen LogP contribution in [-0.4, -0.2) is 5.91 Å². The second kappa shape index (κ2) is 4.86. The Labute approximate surface area is 115 Å². The molecule has 1 amide bonds. The monoisotopic (exact) mass is 267 g/mol. The molecular formula is C16H13NOS. The number of thiophene rings is 1. The number of fused-ring (bicyclic) bond motifs is 1. The third-order valence-corrected chi connectivity index (χ3v) is 4.07. The van der Waals surface area contributed by atoms with Crippen LogP contribution in [0.3, 0.4) is 0 Å². The maximum absolute atomic E-state index is 12.2. The summed E-state index contributed by atoms with van der Waals surface area (Å²) in [6.07, 6.45) is 0. The van der Waals surface area contributed by atoms with E-state index in [-0.39, 0.29) is 5.91 Å². The molecule has 0 spiro atoms. The number of nitrogens with one attached hydrogen (secondary N) is 1. The molecule has 0 fully saturated rings. The fraction of sp³-hybridized carbons (Fsp3) is 0.0625. The summed E-state index contributed by atoms with van der Waals surface area (Å²) in [5.74, 6) is -0.0509. The standard InChI is InChI=1S/C16H13NOS/c1-11-6-8-13(9-7-11)17-16(18)15-10-12-4-2-3-5-14(12)19-15/h2-10H,1H3,(H,17,18). The first-order valence-corrected chi connectivity index (χ1v) is 6.90. The van der Waals surface area contributed by atoms with Gasteiger partial charge in [-0.2, -0.15) is 0 Å². The van der Waals surface area contributed by atoms with Crippen LogP contribution in [0.15, 0.2) is 54.6 Å². The summed E-state index contributed by atoms with van der Waals surface area (Å²) in [6, 6.07) is 17.8. The Morgan fingerprint density at radius 1 is 1.05 bits per heavy atom. The molecule has 0 saturated carbocycles. The Morgan fingerprint density at radius 3 is 2.53 bits per heavy atom. The average molecular weight is 267 g/mol. The molecule has 3 rings (SSSR count). The summed E-state index contributed by atoms with van der Waals surface area (Å²) in [5, 5.41) is 4.03. The maximum atomic E-state index is 12.2. The minimum Gasteiger partial charge on any atom is -0.321 e. The molecule has 94 valence electrons. The van der Waals surface area contributed by atoms with Crippen LogP contribution in [0, 0.1) is 6.92 Å². The summed E-state index contributed by atoms with van der Waals surface area (Å²) >= 11 is 1.52. The highest BCUT2D eigenvalue weighted by atomic mass is 32.1. The van der Waals surface area contributed by atoms with Gasteiger partial charge >= 0.3 is 0 Å². The molecule has 0 aliphatic heterocycles. The molecule has 3 heteroatoms. The van der Waals surface area contributed by atoms with E-state index in [2.05, 4.69) is 5.32 Å². The first-order chi connectivity index (χ1) is 9.22. The van der Waals surface area contributed by atoms with E-state index in [1.54, 1.807) is 0 Å². The summed E-state index contributed by atoms with van der Waals surface area (Å²) in [7, 11) is 0. The highest BCUT2D eigenvalue weighted by Gasteiger charge is 2.09. The minimum atomic E-state index is -0.0509. The molecule has 2 aromatic carbocycles. The molecule has 1 N–H and O–H groups in total. The van der Waals surface area contributed by atoms with Gasteiger partial charge in [-0.25, -0.2) is 0 Å². The van der Waals surface area contributed by atoms with Crippen molar-refractivity contribution in [3.05, 3.63) is 65.0 Å². The fourth-order valence-electron chi connectivity index (χ4n) is 1.92. The van der Waals surface area contributed by atoms with Crippen LogP contribution in [-0.2, 0) is 0 Å². The summed E-state index contributed by atoms with van der Waals surface area (Å²) < 4.78 is 1.14. The van der Waals surface area contributed by atoms with Gasteiger partial charge in [0.25, 0.3) is 5.91 Å². The molecule has 0 saturated heterocycles. The van der Waals surface area contributed by atoms with Crippen molar-refractivity contribution < 1.29 is 4.79 Å². The topological polar surface area (TPSA) is 29.1 Å². The predicted molar refractivity (Wildman–Crippen MR) is 81.0 cm³/mol. The molecule has 19 heavy (non-hydrogen) atoms. The number of amides is 1. The van der Waals surface area contributed by atoms with Crippen LogP contribution < -0.4 is 5.32 Å². The van der Waals surface area contributed by atoms with Gasteiger partial charge in [-0.15, -0.1) is 11.3 Å². The van der Waals surface area contributed by atoms with Crippen molar-refractivity contribution in [2.45, 2.75) is 6.92 Å². The highest BCUT2D eigenvalue weighted by molar-refractivity contribution is 7.20. The SMILES string of the molecule is Cc1ccc(NC(=O)c2cc3ccccc3s2)cc1. The van der Waals surface area contributed by atoms with Gasteiger partial charge in [-0.1, -0.05) is 35.9 Å². The van der Waals surface area contributed by atoms with Crippen LogP contribution in [0.5, 0.6) is 0 Å². The molecule has 0 aliphatic carbocycles. The van der Waals surface area contributed by atoms with E-state index in [0.29, 0.717) is 0 Å². The number of rotatable bonds is 2. The van der Waals surface area contributed by atoms with Crippen molar-refractivity contribution in [1.82, 2.24) is 0 Å². The summed E-state index contributed by atoms with van der Waals surface area (Å²) in [6.45, 7) is 2.03. The second-order valence-electron chi connectivity index (χ2n) is 4.47. The molecule has 0 aliphatic rings. The lowest BCUT2D eigenvalue weighted by Crippen LogP contribution is -2.09. The van der Waals surface area contributed by atoms with Crippen molar-refractivity contribution in [3.63, 3.8) is 0 Å². The van der Waals surface area contributed by atoms with E-state index in [9.17, 15) is 4.79 Å². The van der Waals surface area contributed by atoms with Crippen molar-refractivity contribution in [2.24, 2.45) is 0 Å². The Kier molecular flexibility index (Phi) is 3.05. The molecule has 3 aromatic rings. The lowest BCUT2D eigenvalue weighted by Gasteiger charge is -2.03. The smallest absolute Gasteiger partial charge is 0.265 e. The quantitative estimate of drug-likeness (QED) is 0.729. The van der Waals surface area contributed by atoms with Crippen LogP contribution in [0.2, 0.25) is 0 Å². The van der Waals surface area contributed by atoms with Gasteiger partial charge in [-0.05, 0) is 36.6 Å². The van der Waals surface area contributed by atoms with E-state index < -0.39 is 0 Å². The summed E-state index contributed by atoms with van der Waals surface area (Å²) in [5.41, 5.74) is 2.01. The molecule has 0 atom stereocenters. The van der Waals surface area contributed by atoms with Gasteiger partial charge in [0.2, 0.25) is 0 Å². The van der Waals surface area contributed by atoms with E-state index in [1.165, 1.54) is 16.9 Å². The Bertz CT molecular complexity index is 695. The Hall–Kier alpha value is -2.13. The number of hydrogen-bond acceptors (Lipinski definition) is 2. The lowest BCUT2D eigenvalue weighted by atomic mass is 10.2. The van der Waals surface area contributed by atoms with Crippen molar-refractivity contribution in [2.75, 3.05) is 5.32 Å².